The predicted octanol–water partition coefficient (Wildman–Crippen LogP) is 2.76. The molecule has 2 fully saturated rings. The average molecular weight is 282 g/mol. The van der Waals surface area contributed by atoms with Crippen LogP contribution in [0.2, 0.25) is 0 Å². The first-order chi connectivity index (χ1) is 9.50. The number of likely N-dealkylation sites (N-methyl/N-ethyl adjacent to an activating group) is 1. The Hall–Kier alpha value is -0.120. The summed E-state index contributed by atoms with van der Waals surface area (Å²) in [5, 5.41) is 3.53. The molecule has 0 heterocycles. The van der Waals surface area contributed by atoms with Gasteiger partial charge in [-0.15, -0.1) is 0 Å². The van der Waals surface area contributed by atoms with Crippen molar-refractivity contribution >= 4 is 0 Å². The fourth-order valence-electron chi connectivity index (χ4n) is 3.55. The van der Waals surface area contributed by atoms with Crippen molar-refractivity contribution in [2.45, 2.75) is 52.0 Å². The first-order valence-corrected chi connectivity index (χ1v) is 8.44. The molecule has 0 aromatic carbocycles. The number of ether oxygens (including phenoxy) is 1. The minimum Gasteiger partial charge on any atom is -0.380 e. The van der Waals surface area contributed by atoms with Crippen molar-refractivity contribution in [3.63, 3.8) is 0 Å². The molecule has 2 unspecified atom stereocenters. The molecule has 0 amide bonds. The van der Waals surface area contributed by atoms with Gasteiger partial charge >= 0.3 is 0 Å². The van der Waals surface area contributed by atoms with E-state index in [-0.39, 0.29) is 0 Å². The van der Waals surface area contributed by atoms with Crippen molar-refractivity contribution in [2.75, 3.05) is 40.4 Å². The Kier molecular flexibility index (Phi) is 5.88. The van der Waals surface area contributed by atoms with Crippen molar-refractivity contribution in [3.8, 4) is 0 Å². The SMILES string of the molecule is CNC1CCC(C)(C)CC1CN(C)CCOCC1CC1. The zero-order chi connectivity index (χ0) is 14.6. The van der Waals surface area contributed by atoms with Crippen LogP contribution in [0, 0.1) is 17.3 Å². The van der Waals surface area contributed by atoms with Gasteiger partial charge in [0.05, 0.1) is 6.61 Å². The van der Waals surface area contributed by atoms with E-state index in [1.165, 1.54) is 38.6 Å². The van der Waals surface area contributed by atoms with E-state index in [4.69, 9.17) is 4.74 Å². The summed E-state index contributed by atoms with van der Waals surface area (Å²) >= 11 is 0. The Morgan fingerprint density at radius 1 is 1.25 bits per heavy atom. The number of nitrogens with zero attached hydrogens (tertiary/aromatic N) is 1. The lowest BCUT2D eigenvalue weighted by atomic mass is 9.70. The van der Waals surface area contributed by atoms with Crippen LogP contribution in [0.4, 0.5) is 0 Å². The third-order valence-electron chi connectivity index (χ3n) is 5.10. The second kappa shape index (κ2) is 7.24. The number of hydrogen-bond donors (Lipinski definition) is 1. The quantitative estimate of drug-likeness (QED) is 0.693. The van der Waals surface area contributed by atoms with E-state index < -0.39 is 0 Å². The molecule has 3 heteroatoms. The van der Waals surface area contributed by atoms with Crippen LogP contribution in [-0.4, -0.2) is 51.3 Å². The molecular formula is C17H34N2O. The molecule has 0 spiro atoms. The minimum atomic E-state index is 0.515. The zero-order valence-corrected chi connectivity index (χ0v) is 14.0. The van der Waals surface area contributed by atoms with Gasteiger partial charge in [-0.05, 0) is 63.5 Å². The highest BCUT2D eigenvalue weighted by Gasteiger charge is 2.34. The van der Waals surface area contributed by atoms with Crippen LogP contribution in [0.25, 0.3) is 0 Å². The highest BCUT2D eigenvalue weighted by Crippen LogP contribution is 2.38. The summed E-state index contributed by atoms with van der Waals surface area (Å²) in [5.74, 6) is 1.66. The molecule has 2 saturated carbocycles. The van der Waals surface area contributed by atoms with Crippen molar-refractivity contribution in [2.24, 2.45) is 17.3 Å². The molecule has 3 nitrogen and oxygen atoms in total. The molecule has 1 N–H and O–H groups in total. The highest BCUT2D eigenvalue weighted by atomic mass is 16.5. The molecule has 0 aromatic rings. The molecule has 118 valence electrons. The second-order valence-electron chi connectivity index (χ2n) is 7.84. The van der Waals surface area contributed by atoms with E-state index in [2.05, 4.69) is 38.2 Å². The summed E-state index contributed by atoms with van der Waals surface area (Å²) < 4.78 is 5.75. The van der Waals surface area contributed by atoms with Crippen LogP contribution in [-0.2, 0) is 4.74 Å². The van der Waals surface area contributed by atoms with Gasteiger partial charge in [0, 0.05) is 25.7 Å². The van der Waals surface area contributed by atoms with E-state index in [1.807, 2.05) is 0 Å². The second-order valence-corrected chi connectivity index (χ2v) is 7.84. The lowest BCUT2D eigenvalue weighted by Crippen LogP contribution is -2.46. The Labute approximate surface area is 125 Å². The van der Waals surface area contributed by atoms with Gasteiger partial charge in [0.15, 0.2) is 0 Å². The summed E-state index contributed by atoms with van der Waals surface area (Å²) in [6, 6.07) is 0.692. The van der Waals surface area contributed by atoms with E-state index in [9.17, 15) is 0 Å². The Morgan fingerprint density at radius 3 is 2.65 bits per heavy atom. The van der Waals surface area contributed by atoms with Crippen LogP contribution in [0.5, 0.6) is 0 Å². The van der Waals surface area contributed by atoms with Gasteiger partial charge in [0.2, 0.25) is 0 Å². The van der Waals surface area contributed by atoms with Gasteiger partial charge < -0.3 is 15.0 Å². The van der Waals surface area contributed by atoms with E-state index in [0.717, 1.165) is 31.6 Å². The third kappa shape index (κ3) is 5.34. The molecular weight excluding hydrogens is 248 g/mol. The van der Waals surface area contributed by atoms with Crippen molar-refractivity contribution in [1.29, 1.82) is 0 Å². The molecule has 2 atom stereocenters. The van der Waals surface area contributed by atoms with E-state index >= 15 is 0 Å². The third-order valence-corrected chi connectivity index (χ3v) is 5.10. The van der Waals surface area contributed by atoms with Gasteiger partial charge in [-0.3, -0.25) is 0 Å². The van der Waals surface area contributed by atoms with Crippen LogP contribution < -0.4 is 5.32 Å². The summed E-state index contributed by atoms with van der Waals surface area (Å²) in [6.45, 7) is 8.99. The first kappa shape index (κ1) is 16.3. The summed E-state index contributed by atoms with van der Waals surface area (Å²) in [4.78, 5) is 2.46. The normalized spacial score (nSPS) is 29.9. The van der Waals surface area contributed by atoms with Gasteiger partial charge in [-0.25, -0.2) is 0 Å². The summed E-state index contributed by atoms with van der Waals surface area (Å²) in [7, 11) is 4.36. The van der Waals surface area contributed by atoms with Gasteiger partial charge in [0.1, 0.15) is 0 Å². The van der Waals surface area contributed by atoms with Crippen molar-refractivity contribution in [3.05, 3.63) is 0 Å². The topological polar surface area (TPSA) is 24.5 Å². The maximum Gasteiger partial charge on any atom is 0.0593 e. The van der Waals surface area contributed by atoms with Gasteiger partial charge in [-0.1, -0.05) is 13.8 Å². The lowest BCUT2D eigenvalue weighted by molar-refractivity contribution is 0.0783. The monoisotopic (exact) mass is 282 g/mol. The highest BCUT2D eigenvalue weighted by molar-refractivity contribution is 4.89. The van der Waals surface area contributed by atoms with E-state index in [0.29, 0.717) is 11.5 Å². The lowest BCUT2D eigenvalue weighted by Gasteiger charge is -2.42. The molecule has 0 aliphatic heterocycles. The molecule has 0 radical (unpaired) electrons. The van der Waals surface area contributed by atoms with Crippen molar-refractivity contribution < 1.29 is 4.74 Å². The molecule has 0 bridgehead atoms. The van der Waals surface area contributed by atoms with Crippen molar-refractivity contribution in [1.82, 2.24) is 10.2 Å². The fraction of sp³-hybridized carbons (Fsp3) is 1.00. The van der Waals surface area contributed by atoms with Crippen LogP contribution in [0.15, 0.2) is 0 Å². The fourth-order valence-corrected chi connectivity index (χ4v) is 3.55. The standard InChI is InChI=1S/C17H34N2O/c1-17(2)8-7-16(18-3)15(11-17)12-19(4)9-10-20-13-14-5-6-14/h14-16,18H,5-13H2,1-4H3. The van der Waals surface area contributed by atoms with E-state index in [1.54, 1.807) is 0 Å². The van der Waals surface area contributed by atoms with Crippen LogP contribution >= 0.6 is 0 Å². The number of hydrogen-bond acceptors (Lipinski definition) is 3. The smallest absolute Gasteiger partial charge is 0.0593 e. The number of nitrogens with one attached hydrogen (secondary N) is 1. The Bertz CT molecular complexity index is 289. The summed E-state index contributed by atoms with van der Waals surface area (Å²) in [6.07, 6.45) is 6.78. The molecule has 0 aromatic heterocycles. The van der Waals surface area contributed by atoms with Crippen LogP contribution in [0.1, 0.15) is 46.0 Å². The summed E-state index contributed by atoms with van der Waals surface area (Å²) in [5.41, 5.74) is 0.515. The maximum absolute atomic E-state index is 5.75. The average Bonchev–Trinajstić information content (AvgIpc) is 3.18. The Balaban J connectivity index is 1.67. The molecule has 20 heavy (non-hydrogen) atoms. The first-order valence-electron chi connectivity index (χ1n) is 8.44. The number of rotatable bonds is 8. The molecule has 0 saturated heterocycles. The molecule has 2 aliphatic carbocycles. The Morgan fingerprint density at radius 2 is 2.00 bits per heavy atom. The van der Waals surface area contributed by atoms with Gasteiger partial charge in [-0.2, -0.15) is 0 Å². The molecule has 2 aliphatic rings. The van der Waals surface area contributed by atoms with Gasteiger partial charge in [0.25, 0.3) is 0 Å². The predicted molar refractivity (Wildman–Crippen MR) is 85.0 cm³/mol. The zero-order valence-electron chi connectivity index (χ0n) is 14.0. The molecule has 2 rings (SSSR count). The maximum atomic E-state index is 5.75. The minimum absolute atomic E-state index is 0.515. The van der Waals surface area contributed by atoms with Crippen LogP contribution in [0.3, 0.4) is 0 Å². The largest absolute Gasteiger partial charge is 0.380 e.